The zero-order valence-corrected chi connectivity index (χ0v) is 13.4. The van der Waals surface area contributed by atoms with Gasteiger partial charge in [0.1, 0.15) is 5.92 Å². The first-order valence-corrected chi connectivity index (χ1v) is 8.35. The molecule has 1 aromatic rings. The van der Waals surface area contributed by atoms with Gasteiger partial charge in [0, 0.05) is 32.4 Å². The largest absolute Gasteiger partial charge is 0.339 e. The number of hydrogen-bond donors (Lipinski definition) is 0. The maximum Gasteiger partial charge on any atom is 0.262 e. The van der Waals surface area contributed by atoms with Gasteiger partial charge in [0.25, 0.3) is 5.91 Å². The quantitative estimate of drug-likeness (QED) is 0.606. The lowest BCUT2D eigenvalue weighted by atomic mass is 10.0. The van der Waals surface area contributed by atoms with Crippen molar-refractivity contribution in [1.29, 1.82) is 0 Å². The molecular weight excluding hydrogens is 314 g/mol. The fraction of sp³-hybridized carbons (Fsp3) is 0.375. The van der Waals surface area contributed by atoms with Crippen LogP contribution in [0.1, 0.15) is 9.67 Å². The van der Waals surface area contributed by atoms with Crippen molar-refractivity contribution in [2.45, 2.75) is 0 Å². The summed E-state index contributed by atoms with van der Waals surface area (Å²) in [6.07, 6.45) is 4.62. The van der Waals surface area contributed by atoms with E-state index in [-0.39, 0.29) is 11.7 Å². The summed E-state index contributed by atoms with van der Waals surface area (Å²) in [6, 6.07) is 3.69. The van der Waals surface area contributed by atoms with Gasteiger partial charge in [0.15, 0.2) is 5.78 Å². The van der Waals surface area contributed by atoms with Crippen LogP contribution < -0.4 is 0 Å². The number of dihydropyridines is 1. The van der Waals surface area contributed by atoms with E-state index >= 15 is 0 Å². The Morgan fingerprint density at radius 1 is 1.26 bits per heavy atom. The minimum Gasteiger partial charge on any atom is -0.339 e. The van der Waals surface area contributed by atoms with Crippen LogP contribution in [0.3, 0.4) is 0 Å². The highest BCUT2D eigenvalue weighted by Gasteiger charge is 2.31. The predicted octanol–water partition coefficient (Wildman–Crippen LogP) is 0.858. The summed E-state index contributed by atoms with van der Waals surface area (Å²) < 4.78 is 0. The lowest BCUT2D eigenvalue weighted by Crippen LogP contribution is -2.52. The molecule has 2 aliphatic rings. The van der Waals surface area contributed by atoms with Gasteiger partial charge in [-0.05, 0) is 17.5 Å². The van der Waals surface area contributed by atoms with E-state index < -0.39 is 11.8 Å². The molecule has 120 valence electrons. The Morgan fingerprint density at radius 3 is 2.70 bits per heavy atom. The standard InChI is InChI=1S/C16H17N3O3S/c20-13(14-4-2-10-23-14)11-18-6-8-19(9-7-18)16(22)12-3-1-5-17-15(12)21/h1-5,10,12H,6-9,11H2. The van der Waals surface area contributed by atoms with Crippen molar-refractivity contribution < 1.29 is 14.4 Å². The second-order valence-electron chi connectivity index (χ2n) is 5.48. The monoisotopic (exact) mass is 331 g/mol. The normalized spacial score (nSPS) is 21.7. The molecule has 3 rings (SSSR count). The van der Waals surface area contributed by atoms with Crippen LogP contribution in [0, 0.1) is 5.92 Å². The van der Waals surface area contributed by atoms with Gasteiger partial charge in [-0.15, -0.1) is 11.3 Å². The third-order valence-electron chi connectivity index (χ3n) is 3.97. The summed E-state index contributed by atoms with van der Waals surface area (Å²) in [5.41, 5.74) is 0. The van der Waals surface area contributed by atoms with E-state index in [9.17, 15) is 14.4 Å². The first-order chi connectivity index (χ1) is 11.1. The van der Waals surface area contributed by atoms with Gasteiger partial charge in [-0.2, -0.15) is 0 Å². The van der Waals surface area contributed by atoms with Crippen LogP contribution in [0.2, 0.25) is 0 Å². The van der Waals surface area contributed by atoms with Gasteiger partial charge in [0.05, 0.1) is 11.4 Å². The number of thiophene rings is 1. The van der Waals surface area contributed by atoms with E-state index in [4.69, 9.17) is 0 Å². The van der Waals surface area contributed by atoms with Gasteiger partial charge in [-0.25, -0.2) is 4.99 Å². The van der Waals surface area contributed by atoms with Gasteiger partial charge >= 0.3 is 0 Å². The summed E-state index contributed by atoms with van der Waals surface area (Å²) in [6.45, 7) is 2.69. The second kappa shape index (κ2) is 6.97. The lowest BCUT2D eigenvalue weighted by molar-refractivity contribution is -0.140. The molecule has 0 aromatic carbocycles. The van der Waals surface area contributed by atoms with Gasteiger partial charge in [-0.3, -0.25) is 19.3 Å². The Kier molecular flexibility index (Phi) is 4.78. The molecule has 23 heavy (non-hydrogen) atoms. The van der Waals surface area contributed by atoms with E-state index in [0.717, 1.165) is 4.88 Å². The maximum absolute atomic E-state index is 12.4. The van der Waals surface area contributed by atoms with Crippen molar-refractivity contribution in [2.24, 2.45) is 10.9 Å². The molecule has 0 spiro atoms. The minimum absolute atomic E-state index is 0.111. The summed E-state index contributed by atoms with van der Waals surface area (Å²) in [4.78, 5) is 44.3. The molecule has 1 saturated heterocycles. The topological polar surface area (TPSA) is 70.1 Å². The van der Waals surface area contributed by atoms with E-state index in [1.54, 1.807) is 17.1 Å². The molecule has 0 bridgehead atoms. The fourth-order valence-electron chi connectivity index (χ4n) is 2.67. The zero-order chi connectivity index (χ0) is 16.2. The Bertz CT molecular complexity index is 658. The molecule has 0 saturated carbocycles. The van der Waals surface area contributed by atoms with Crippen LogP contribution in [0.5, 0.6) is 0 Å². The molecule has 6 nitrogen and oxygen atoms in total. The van der Waals surface area contributed by atoms with Crippen LogP contribution in [0.15, 0.2) is 34.7 Å². The number of Topliss-reactive ketones (excluding diaryl/α,β-unsaturated/α-hetero) is 1. The lowest BCUT2D eigenvalue weighted by Gasteiger charge is -2.35. The molecule has 1 atom stereocenters. The van der Waals surface area contributed by atoms with E-state index in [1.807, 2.05) is 22.4 Å². The van der Waals surface area contributed by atoms with Crippen molar-refractivity contribution in [3.63, 3.8) is 0 Å². The van der Waals surface area contributed by atoms with Crippen molar-refractivity contribution in [3.05, 3.63) is 34.5 Å². The highest BCUT2D eigenvalue weighted by molar-refractivity contribution is 7.12. The average molecular weight is 331 g/mol. The molecule has 7 heteroatoms. The Labute approximate surface area is 138 Å². The average Bonchev–Trinajstić information content (AvgIpc) is 3.10. The van der Waals surface area contributed by atoms with E-state index in [1.165, 1.54) is 17.6 Å². The molecule has 0 aliphatic carbocycles. The smallest absolute Gasteiger partial charge is 0.262 e. The highest BCUT2D eigenvalue weighted by atomic mass is 32.1. The molecular formula is C16H17N3O3S. The molecule has 2 aliphatic heterocycles. The third-order valence-corrected chi connectivity index (χ3v) is 4.88. The van der Waals surface area contributed by atoms with Crippen LogP contribution in [0.4, 0.5) is 0 Å². The number of carbonyl (C=O) groups excluding carboxylic acids is 3. The number of rotatable bonds is 4. The Balaban J connectivity index is 1.51. The maximum atomic E-state index is 12.4. The molecule has 1 fully saturated rings. The zero-order valence-electron chi connectivity index (χ0n) is 12.6. The van der Waals surface area contributed by atoms with Crippen LogP contribution in [-0.2, 0) is 9.59 Å². The number of carbonyl (C=O) groups is 3. The summed E-state index contributed by atoms with van der Waals surface area (Å²) >= 11 is 1.44. The molecule has 0 radical (unpaired) electrons. The number of allylic oxidation sites excluding steroid dienone is 1. The molecule has 1 aromatic heterocycles. The van der Waals surface area contributed by atoms with Crippen LogP contribution in [0.25, 0.3) is 0 Å². The van der Waals surface area contributed by atoms with Crippen LogP contribution >= 0.6 is 11.3 Å². The molecule has 2 amide bonds. The first kappa shape index (κ1) is 15.8. The SMILES string of the molecule is O=C(CN1CCN(C(=O)C2C=CC=NC2=O)CC1)c1cccs1. The number of amides is 2. The summed E-state index contributed by atoms with van der Waals surface area (Å²) in [5, 5.41) is 1.89. The van der Waals surface area contributed by atoms with Crippen LogP contribution in [-0.4, -0.2) is 66.3 Å². The Hall–Kier alpha value is -2.12. The first-order valence-electron chi connectivity index (χ1n) is 7.47. The minimum atomic E-state index is -0.792. The number of hydrogen-bond acceptors (Lipinski definition) is 5. The van der Waals surface area contributed by atoms with Crippen molar-refractivity contribution in [3.8, 4) is 0 Å². The number of aliphatic imine (C=N–C) groups is 1. The third kappa shape index (κ3) is 3.62. The number of nitrogens with zero attached hydrogens (tertiary/aromatic N) is 3. The predicted molar refractivity (Wildman–Crippen MR) is 87.8 cm³/mol. The summed E-state index contributed by atoms with van der Waals surface area (Å²) in [7, 11) is 0. The Morgan fingerprint density at radius 2 is 2.04 bits per heavy atom. The van der Waals surface area contributed by atoms with Gasteiger partial charge in [-0.1, -0.05) is 12.1 Å². The second-order valence-corrected chi connectivity index (χ2v) is 6.43. The van der Waals surface area contributed by atoms with Gasteiger partial charge in [0.2, 0.25) is 5.91 Å². The number of ketones is 1. The molecule has 1 unspecified atom stereocenters. The highest BCUT2D eigenvalue weighted by Crippen LogP contribution is 2.14. The fourth-order valence-corrected chi connectivity index (χ4v) is 3.33. The summed E-state index contributed by atoms with van der Waals surface area (Å²) in [5.74, 6) is -1.29. The van der Waals surface area contributed by atoms with E-state index in [0.29, 0.717) is 32.7 Å². The number of piperazine rings is 1. The van der Waals surface area contributed by atoms with Crippen molar-refractivity contribution >= 4 is 35.1 Å². The van der Waals surface area contributed by atoms with Crippen molar-refractivity contribution in [1.82, 2.24) is 9.80 Å². The van der Waals surface area contributed by atoms with Gasteiger partial charge < -0.3 is 4.90 Å². The molecule has 3 heterocycles. The van der Waals surface area contributed by atoms with Crippen molar-refractivity contribution in [2.75, 3.05) is 32.7 Å². The molecule has 0 N–H and O–H groups in total. The van der Waals surface area contributed by atoms with E-state index in [2.05, 4.69) is 4.99 Å².